The van der Waals surface area contributed by atoms with Crippen LogP contribution in [0.2, 0.25) is 0 Å². The number of sulfonamides is 1. The molecule has 1 saturated carbocycles. The molecule has 0 bridgehead atoms. The number of carbonyl (C=O) groups excluding carboxylic acids is 2. The van der Waals surface area contributed by atoms with Crippen molar-refractivity contribution in [3.8, 4) is 0 Å². The van der Waals surface area contributed by atoms with E-state index in [4.69, 9.17) is 4.74 Å². The largest absolute Gasteiger partial charge is 0.465 e. The highest BCUT2D eigenvalue weighted by molar-refractivity contribution is 7.92. The molecule has 238 valence electrons. The Labute approximate surface area is 256 Å². The molecular formula is C32H38F3N3O5S. The molecule has 3 unspecified atom stereocenters. The first-order chi connectivity index (χ1) is 20.7. The van der Waals surface area contributed by atoms with Crippen LogP contribution >= 0.6 is 0 Å². The minimum absolute atomic E-state index is 0.00713. The number of nitrogens with one attached hydrogen (secondary N) is 1. The van der Waals surface area contributed by atoms with Crippen molar-refractivity contribution in [2.75, 3.05) is 31.2 Å². The van der Waals surface area contributed by atoms with E-state index in [-0.39, 0.29) is 42.1 Å². The predicted molar refractivity (Wildman–Crippen MR) is 159 cm³/mol. The summed E-state index contributed by atoms with van der Waals surface area (Å²) in [5, 5.41) is 0. The number of methoxy groups -OCH3 is 1. The molecule has 44 heavy (non-hydrogen) atoms. The van der Waals surface area contributed by atoms with Gasteiger partial charge in [-0.3, -0.25) is 9.52 Å². The van der Waals surface area contributed by atoms with Crippen LogP contribution in [-0.2, 0) is 38.7 Å². The fourth-order valence-electron chi connectivity index (χ4n) is 8.31. The fourth-order valence-corrected chi connectivity index (χ4v) is 8.89. The van der Waals surface area contributed by atoms with Crippen LogP contribution in [-0.4, -0.2) is 68.6 Å². The molecule has 1 aliphatic carbocycles. The SMILES string of the molecule is COC(=O)c1cccc(C2CCN(C3CC[C@@]4(C3)C(=O)N3Cc5cc(C(F)(F)F)cc(NS(C)(=O)=O)c5CC3C4C)CC2)c1. The minimum Gasteiger partial charge on any atom is -0.465 e. The Bertz CT molecular complexity index is 1590. The summed E-state index contributed by atoms with van der Waals surface area (Å²) in [6.45, 7) is 3.88. The number of benzene rings is 2. The Balaban J connectivity index is 1.18. The lowest BCUT2D eigenvalue weighted by molar-refractivity contribution is -0.138. The van der Waals surface area contributed by atoms with E-state index in [0.717, 1.165) is 62.7 Å². The van der Waals surface area contributed by atoms with Crippen LogP contribution in [0.3, 0.4) is 0 Å². The van der Waals surface area contributed by atoms with Crippen molar-refractivity contribution in [1.82, 2.24) is 9.80 Å². The molecule has 2 saturated heterocycles. The van der Waals surface area contributed by atoms with Crippen molar-refractivity contribution in [3.05, 3.63) is 64.2 Å². The van der Waals surface area contributed by atoms with Gasteiger partial charge in [-0.05, 0) is 104 Å². The molecule has 1 N–H and O–H groups in total. The van der Waals surface area contributed by atoms with Crippen molar-refractivity contribution < 1.29 is 35.9 Å². The number of anilines is 1. The Morgan fingerprint density at radius 1 is 1.11 bits per heavy atom. The smallest absolute Gasteiger partial charge is 0.416 e. The lowest BCUT2D eigenvalue weighted by Crippen LogP contribution is -2.42. The molecule has 6 rings (SSSR count). The number of halogens is 3. The molecule has 4 aliphatic rings. The van der Waals surface area contributed by atoms with Crippen molar-refractivity contribution in [3.63, 3.8) is 0 Å². The maximum atomic E-state index is 14.1. The first-order valence-electron chi connectivity index (χ1n) is 15.1. The third-order valence-electron chi connectivity index (χ3n) is 10.6. The number of piperidine rings is 1. The summed E-state index contributed by atoms with van der Waals surface area (Å²) in [5.41, 5.74) is 0.983. The number of amides is 1. The van der Waals surface area contributed by atoms with Crippen molar-refractivity contribution in [1.29, 1.82) is 0 Å². The zero-order valence-electron chi connectivity index (χ0n) is 25.1. The van der Waals surface area contributed by atoms with Crippen LogP contribution in [0.4, 0.5) is 18.9 Å². The highest BCUT2D eigenvalue weighted by atomic mass is 32.2. The maximum absolute atomic E-state index is 14.1. The first-order valence-corrected chi connectivity index (χ1v) is 17.0. The number of fused-ring (bicyclic) bond motifs is 2. The van der Waals surface area contributed by atoms with Gasteiger partial charge in [-0.15, -0.1) is 0 Å². The summed E-state index contributed by atoms with van der Waals surface area (Å²) in [6, 6.07) is 9.58. The van der Waals surface area contributed by atoms with E-state index < -0.39 is 27.2 Å². The summed E-state index contributed by atoms with van der Waals surface area (Å²) in [7, 11) is -2.44. The molecule has 1 spiro atoms. The molecule has 4 atom stereocenters. The molecule has 2 aromatic rings. The van der Waals surface area contributed by atoms with Crippen LogP contribution in [0.15, 0.2) is 36.4 Å². The van der Waals surface area contributed by atoms with Crippen molar-refractivity contribution in [2.45, 2.75) is 76.2 Å². The highest BCUT2D eigenvalue weighted by Crippen LogP contribution is 2.56. The van der Waals surface area contributed by atoms with Crippen molar-refractivity contribution in [2.24, 2.45) is 11.3 Å². The van der Waals surface area contributed by atoms with E-state index >= 15 is 0 Å². The number of esters is 1. The minimum atomic E-state index is -4.65. The average Bonchev–Trinajstić information content (AvgIpc) is 3.52. The zero-order chi connectivity index (χ0) is 31.6. The Morgan fingerprint density at radius 3 is 2.50 bits per heavy atom. The normalized spacial score (nSPS) is 27.8. The molecule has 3 heterocycles. The van der Waals surface area contributed by atoms with E-state index in [1.54, 1.807) is 11.0 Å². The molecule has 1 amide bonds. The quantitative estimate of drug-likeness (QED) is 0.456. The summed E-state index contributed by atoms with van der Waals surface area (Å²) in [4.78, 5) is 30.3. The standard InChI is InChI=1S/C32H38F3N3O5S/c1-19-28-16-26-23(14-24(32(33,34)35)15-27(26)36-44(3,41)42)18-38(28)30(40)31(19)10-7-25(17-31)37-11-8-20(9-12-37)21-5-4-6-22(13-21)29(39)43-2/h4-6,13-15,19-20,25,28,36H,7-12,16-18H2,1-3H3/t19?,25?,28?,31-/m0/s1. The zero-order valence-corrected chi connectivity index (χ0v) is 25.9. The van der Waals surface area contributed by atoms with E-state index in [2.05, 4.69) is 22.6 Å². The second-order valence-corrected chi connectivity index (χ2v) is 14.8. The second-order valence-electron chi connectivity index (χ2n) is 13.0. The molecule has 0 radical (unpaired) electrons. The van der Waals surface area contributed by atoms with Gasteiger partial charge in [-0.25, -0.2) is 13.2 Å². The number of hydrogen-bond acceptors (Lipinski definition) is 6. The lowest BCUT2D eigenvalue weighted by atomic mass is 9.73. The van der Waals surface area contributed by atoms with Crippen LogP contribution in [0.1, 0.15) is 77.6 Å². The lowest BCUT2D eigenvalue weighted by Gasteiger charge is -2.37. The Kier molecular flexibility index (Phi) is 7.75. The fraction of sp³-hybridized carbons (Fsp3) is 0.562. The molecular weight excluding hydrogens is 595 g/mol. The number of rotatable bonds is 5. The van der Waals surface area contributed by atoms with Gasteiger partial charge in [0, 0.05) is 18.6 Å². The summed E-state index contributed by atoms with van der Waals surface area (Å²) < 4.78 is 72.5. The van der Waals surface area contributed by atoms with Crippen LogP contribution < -0.4 is 4.72 Å². The summed E-state index contributed by atoms with van der Waals surface area (Å²) in [6.07, 6.45) is 0.780. The van der Waals surface area contributed by atoms with Gasteiger partial charge in [0.25, 0.3) is 0 Å². The van der Waals surface area contributed by atoms with E-state index in [1.165, 1.54) is 7.11 Å². The van der Waals surface area contributed by atoms with Crippen LogP contribution in [0, 0.1) is 11.3 Å². The molecule has 0 aromatic heterocycles. The molecule has 3 aliphatic heterocycles. The highest BCUT2D eigenvalue weighted by Gasteiger charge is 2.61. The van der Waals surface area contributed by atoms with Gasteiger partial charge >= 0.3 is 12.1 Å². The second kappa shape index (κ2) is 11.0. The third kappa shape index (κ3) is 5.48. The number of hydrogen-bond donors (Lipinski definition) is 1. The van der Waals surface area contributed by atoms with E-state index in [9.17, 15) is 31.2 Å². The molecule has 3 fully saturated rings. The third-order valence-corrected chi connectivity index (χ3v) is 11.2. The number of carbonyl (C=O) groups is 2. The predicted octanol–water partition coefficient (Wildman–Crippen LogP) is 5.19. The van der Waals surface area contributed by atoms with Gasteiger partial charge in [-0.2, -0.15) is 13.2 Å². The number of nitrogens with zero attached hydrogens (tertiary/aromatic N) is 2. The maximum Gasteiger partial charge on any atom is 0.416 e. The van der Waals surface area contributed by atoms with Crippen LogP contribution in [0.25, 0.3) is 0 Å². The molecule has 12 heteroatoms. The topological polar surface area (TPSA) is 96.0 Å². The monoisotopic (exact) mass is 633 g/mol. The van der Waals surface area contributed by atoms with Gasteiger partial charge in [0.2, 0.25) is 15.9 Å². The van der Waals surface area contributed by atoms with Gasteiger partial charge in [0.05, 0.1) is 35.6 Å². The number of alkyl halides is 3. The van der Waals surface area contributed by atoms with Gasteiger partial charge in [0.1, 0.15) is 0 Å². The number of likely N-dealkylation sites (tertiary alicyclic amines) is 1. The Hall–Kier alpha value is -3.12. The first kappa shape index (κ1) is 30.9. The van der Waals surface area contributed by atoms with Gasteiger partial charge in [-0.1, -0.05) is 19.1 Å². The Morgan fingerprint density at radius 2 is 1.84 bits per heavy atom. The average molecular weight is 634 g/mol. The summed E-state index contributed by atoms with van der Waals surface area (Å²) >= 11 is 0. The van der Waals surface area contributed by atoms with E-state index in [0.29, 0.717) is 35.4 Å². The number of ether oxygens (including phenoxy) is 1. The van der Waals surface area contributed by atoms with E-state index in [1.807, 2.05) is 12.1 Å². The molecule has 8 nitrogen and oxygen atoms in total. The van der Waals surface area contributed by atoms with Gasteiger partial charge in [0.15, 0.2) is 0 Å². The summed E-state index contributed by atoms with van der Waals surface area (Å²) in [5.74, 6) is -0.0335. The van der Waals surface area contributed by atoms with Crippen molar-refractivity contribution >= 4 is 27.6 Å². The molecule has 2 aromatic carbocycles. The van der Waals surface area contributed by atoms with Crippen LogP contribution in [0.5, 0.6) is 0 Å². The van der Waals surface area contributed by atoms with Gasteiger partial charge < -0.3 is 14.5 Å².